The van der Waals surface area contributed by atoms with E-state index in [1.54, 1.807) is 0 Å². The van der Waals surface area contributed by atoms with Gasteiger partial charge in [0.2, 0.25) is 0 Å². The second-order valence-corrected chi connectivity index (χ2v) is 5.21. The lowest BCUT2D eigenvalue weighted by molar-refractivity contribution is 0.356. The number of benzene rings is 1. The van der Waals surface area contributed by atoms with Gasteiger partial charge < -0.3 is 10.1 Å². The van der Waals surface area contributed by atoms with Crippen molar-refractivity contribution in [1.82, 2.24) is 5.32 Å². The van der Waals surface area contributed by atoms with E-state index >= 15 is 0 Å². The van der Waals surface area contributed by atoms with Crippen LogP contribution >= 0.6 is 12.6 Å². The molecule has 0 amide bonds. The Hall–Kier alpha value is -0.670. The van der Waals surface area contributed by atoms with Crippen molar-refractivity contribution in [2.75, 3.05) is 19.0 Å². The normalized spacial score (nSPS) is 14.7. The lowest BCUT2D eigenvalue weighted by atomic mass is 9.83. The summed E-state index contributed by atoms with van der Waals surface area (Å²) in [7, 11) is 0. The Labute approximate surface area is 103 Å². The van der Waals surface area contributed by atoms with Crippen molar-refractivity contribution in [3.05, 3.63) is 29.3 Å². The van der Waals surface area contributed by atoms with Gasteiger partial charge >= 0.3 is 0 Å². The zero-order chi connectivity index (χ0) is 11.6. The maximum Gasteiger partial charge on any atom is 0.122 e. The Bertz CT molecular complexity index is 376. The SMILES string of the molecule is CC(C)(CNCS)c1ccc2c(c1)CCO2. The summed E-state index contributed by atoms with van der Waals surface area (Å²) in [5, 5.41) is 3.29. The summed E-state index contributed by atoms with van der Waals surface area (Å²) in [4.78, 5) is 0. The fourth-order valence-electron chi connectivity index (χ4n) is 2.08. The van der Waals surface area contributed by atoms with E-state index in [-0.39, 0.29) is 5.41 Å². The molecule has 0 bridgehead atoms. The molecule has 1 aliphatic heterocycles. The predicted molar refractivity (Wildman–Crippen MR) is 70.5 cm³/mol. The number of ether oxygens (including phenoxy) is 1. The number of fused-ring (bicyclic) bond motifs is 1. The minimum atomic E-state index is 0.139. The fourth-order valence-corrected chi connectivity index (χ4v) is 2.19. The molecule has 0 saturated carbocycles. The summed E-state index contributed by atoms with van der Waals surface area (Å²) in [6.45, 7) is 6.27. The van der Waals surface area contributed by atoms with Gasteiger partial charge in [0.25, 0.3) is 0 Å². The van der Waals surface area contributed by atoms with E-state index in [0.717, 1.165) is 31.2 Å². The van der Waals surface area contributed by atoms with Gasteiger partial charge in [-0.3, -0.25) is 0 Å². The summed E-state index contributed by atoms with van der Waals surface area (Å²) in [5.41, 5.74) is 2.85. The van der Waals surface area contributed by atoms with E-state index in [1.165, 1.54) is 11.1 Å². The smallest absolute Gasteiger partial charge is 0.122 e. The van der Waals surface area contributed by atoms with Crippen molar-refractivity contribution < 1.29 is 4.74 Å². The highest BCUT2D eigenvalue weighted by Gasteiger charge is 2.22. The average molecular weight is 237 g/mol. The van der Waals surface area contributed by atoms with Gasteiger partial charge in [-0.2, -0.15) is 12.6 Å². The first-order chi connectivity index (χ1) is 7.63. The molecule has 1 aliphatic rings. The van der Waals surface area contributed by atoms with E-state index in [0.29, 0.717) is 0 Å². The highest BCUT2D eigenvalue weighted by molar-refractivity contribution is 7.80. The van der Waals surface area contributed by atoms with Crippen LogP contribution in [0.25, 0.3) is 0 Å². The van der Waals surface area contributed by atoms with Crippen LogP contribution in [0.15, 0.2) is 18.2 Å². The van der Waals surface area contributed by atoms with Crippen molar-refractivity contribution >= 4 is 12.6 Å². The predicted octanol–water partition coefficient (Wildman–Crippen LogP) is 2.38. The van der Waals surface area contributed by atoms with Gasteiger partial charge in [-0.25, -0.2) is 0 Å². The molecule has 0 aliphatic carbocycles. The van der Waals surface area contributed by atoms with Gasteiger partial charge in [0.1, 0.15) is 5.75 Å². The largest absolute Gasteiger partial charge is 0.493 e. The molecule has 16 heavy (non-hydrogen) atoms. The van der Waals surface area contributed by atoms with Crippen LogP contribution in [0.3, 0.4) is 0 Å². The molecule has 1 aromatic rings. The van der Waals surface area contributed by atoms with Gasteiger partial charge in [-0.1, -0.05) is 26.0 Å². The van der Waals surface area contributed by atoms with Crippen LogP contribution in [-0.4, -0.2) is 19.0 Å². The number of nitrogens with one attached hydrogen (secondary N) is 1. The van der Waals surface area contributed by atoms with Crippen LogP contribution in [0, 0.1) is 0 Å². The van der Waals surface area contributed by atoms with E-state index in [4.69, 9.17) is 4.74 Å². The zero-order valence-corrected chi connectivity index (χ0v) is 10.8. The maximum absolute atomic E-state index is 5.52. The molecule has 1 heterocycles. The van der Waals surface area contributed by atoms with Gasteiger partial charge in [-0.05, 0) is 17.2 Å². The zero-order valence-electron chi connectivity index (χ0n) is 9.92. The van der Waals surface area contributed by atoms with Crippen LogP contribution in [0.2, 0.25) is 0 Å². The van der Waals surface area contributed by atoms with Crippen LogP contribution in [0.4, 0.5) is 0 Å². The van der Waals surface area contributed by atoms with Gasteiger partial charge in [0, 0.05) is 24.3 Å². The first-order valence-corrected chi connectivity index (χ1v) is 6.34. The minimum absolute atomic E-state index is 0.139. The number of hydrogen-bond donors (Lipinski definition) is 2. The first kappa shape index (κ1) is 11.8. The Morgan fingerprint density at radius 1 is 1.44 bits per heavy atom. The summed E-state index contributed by atoms with van der Waals surface area (Å²) in [5.74, 6) is 1.78. The monoisotopic (exact) mass is 237 g/mol. The second-order valence-electron chi connectivity index (χ2n) is 4.89. The van der Waals surface area contributed by atoms with Crippen molar-refractivity contribution in [2.24, 2.45) is 0 Å². The Balaban J connectivity index is 2.20. The quantitative estimate of drug-likeness (QED) is 0.620. The third kappa shape index (κ3) is 2.36. The van der Waals surface area contributed by atoms with Crippen LogP contribution in [0.1, 0.15) is 25.0 Å². The molecular formula is C13H19NOS. The molecule has 1 N–H and O–H groups in total. The molecule has 0 saturated heterocycles. The molecule has 0 fully saturated rings. The summed E-state index contributed by atoms with van der Waals surface area (Å²) >= 11 is 4.18. The van der Waals surface area contributed by atoms with Gasteiger partial charge in [0.15, 0.2) is 0 Å². The number of rotatable bonds is 4. The molecule has 2 rings (SSSR count). The third-order valence-electron chi connectivity index (χ3n) is 3.15. The number of thiol groups is 1. The molecule has 0 spiro atoms. The molecule has 0 aromatic heterocycles. The van der Waals surface area contributed by atoms with E-state index < -0.39 is 0 Å². The lowest BCUT2D eigenvalue weighted by Crippen LogP contribution is -2.32. The first-order valence-electron chi connectivity index (χ1n) is 5.71. The van der Waals surface area contributed by atoms with Crippen LogP contribution < -0.4 is 10.1 Å². The Morgan fingerprint density at radius 2 is 2.25 bits per heavy atom. The fraction of sp³-hybridized carbons (Fsp3) is 0.538. The van der Waals surface area contributed by atoms with Crippen molar-refractivity contribution in [3.8, 4) is 5.75 Å². The number of hydrogen-bond acceptors (Lipinski definition) is 3. The van der Waals surface area contributed by atoms with Gasteiger partial charge in [0.05, 0.1) is 6.61 Å². The van der Waals surface area contributed by atoms with Gasteiger partial charge in [-0.15, -0.1) is 0 Å². The summed E-state index contributed by atoms with van der Waals surface area (Å²) < 4.78 is 5.52. The molecule has 88 valence electrons. The van der Waals surface area contributed by atoms with Crippen molar-refractivity contribution in [3.63, 3.8) is 0 Å². The third-order valence-corrected chi connectivity index (χ3v) is 3.37. The molecule has 3 heteroatoms. The maximum atomic E-state index is 5.52. The highest BCUT2D eigenvalue weighted by atomic mass is 32.1. The standard InChI is InChI=1S/C13H19NOS/c1-13(2,8-14-9-16)11-3-4-12-10(7-11)5-6-15-12/h3-4,7,14,16H,5-6,8-9H2,1-2H3. The minimum Gasteiger partial charge on any atom is -0.493 e. The summed E-state index contributed by atoms with van der Waals surface area (Å²) in [6, 6.07) is 6.55. The second kappa shape index (κ2) is 4.68. The van der Waals surface area contributed by atoms with Crippen molar-refractivity contribution in [2.45, 2.75) is 25.7 Å². The van der Waals surface area contributed by atoms with E-state index in [2.05, 4.69) is 50.0 Å². The molecule has 2 nitrogen and oxygen atoms in total. The van der Waals surface area contributed by atoms with E-state index in [9.17, 15) is 0 Å². The topological polar surface area (TPSA) is 21.3 Å². The lowest BCUT2D eigenvalue weighted by Gasteiger charge is -2.26. The molecule has 0 unspecified atom stereocenters. The molecule has 1 aromatic carbocycles. The highest BCUT2D eigenvalue weighted by Crippen LogP contribution is 2.31. The molecule has 0 atom stereocenters. The molecule has 0 radical (unpaired) electrons. The van der Waals surface area contributed by atoms with Crippen LogP contribution in [0.5, 0.6) is 5.75 Å². The Morgan fingerprint density at radius 3 is 3.00 bits per heavy atom. The van der Waals surface area contributed by atoms with E-state index in [1.807, 2.05) is 0 Å². The molecular weight excluding hydrogens is 218 g/mol. The van der Waals surface area contributed by atoms with Crippen LogP contribution in [-0.2, 0) is 11.8 Å². The van der Waals surface area contributed by atoms with Crippen molar-refractivity contribution in [1.29, 1.82) is 0 Å². The average Bonchev–Trinajstić information content (AvgIpc) is 2.73. The Kier molecular flexibility index (Phi) is 3.45. The summed E-state index contributed by atoms with van der Waals surface area (Å²) in [6.07, 6.45) is 1.04.